The molecule has 2 heteroatoms. The van der Waals surface area contributed by atoms with Crippen LogP contribution in [0.3, 0.4) is 0 Å². The minimum Gasteiger partial charge on any atom is -0.467 e. The first kappa shape index (κ1) is 11.5. The first-order valence-electron chi connectivity index (χ1n) is 5.67. The van der Waals surface area contributed by atoms with Crippen LogP contribution in [-0.4, -0.2) is 6.54 Å². The molecule has 0 amide bonds. The second kappa shape index (κ2) is 5.93. The van der Waals surface area contributed by atoms with Gasteiger partial charge in [-0.3, -0.25) is 0 Å². The molecule has 1 unspecified atom stereocenters. The smallest absolute Gasteiger partial charge is 0.125 e. The first-order chi connectivity index (χ1) is 8.42. The van der Waals surface area contributed by atoms with Crippen LogP contribution in [0.1, 0.15) is 23.8 Å². The average molecular weight is 225 g/mol. The Hall–Kier alpha value is -1.98. The predicted molar refractivity (Wildman–Crippen MR) is 68.4 cm³/mol. The van der Waals surface area contributed by atoms with Crippen LogP contribution in [0.4, 0.5) is 0 Å². The van der Waals surface area contributed by atoms with Gasteiger partial charge < -0.3 is 9.73 Å². The van der Waals surface area contributed by atoms with Crippen LogP contribution in [-0.2, 0) is 0 Å². The maximum atomic E-state index is 5.47. The number of rotatable bonds is 5. The van der Waals surface area contributed by atoms with Crippen LogP contribution < -0.4 is 5.32 Å². The Bertz CT molecular complexity index is 467. The zero-order valence-corrected chi connectivity index (χ0v) is 9.60. The molecule has 0 bridgehead atoms. The minimum absolute atomic E-state index is 0.0690. The number of nitrogens with one attached hydrogen (secondary N) is 1. The van der Waals surface area contributed by atoms with E-state index in [1.165, 1.54) is 5.56 Å². The van der Waals surface area contributed by atoms with Crippen molar-refractivity contribution in [2.24, 2.45) is 0 Å². The summed E-state index contributed by atoms with van der Waals surface area (Å²) in [5.74, 6) is 3.54. The van der Waals surface area contributed by atoms with Crippen molar-refractivity contribution in [2.75, 3.05) is 6.54 Å². The van der Waals surface area contributed by atoms with Gasteiger partial charge in [-0.25, -0.2) is 0 Å². The highest BCUT2D eigenvalue weighted by Gasteiger charge is 2.15. The first-order valence-corrected chi connectivity index (χ1v) is 5.67. The molecule has 17 heavy (non-hydrogen) atoms. The molecular formula is C15H15NO. The summed E-state index contributed by atoms with van der Waals surface area (Å²) in [7, 11) is 0. The highest BCUT2D eigenvalue weighted by molar-refractivity contribution is 5.26. The Morgan fingerprint density at radius 3 is 2.65 bits per heavy atom. The molecule has 0 aliphatic rings. The van der Waals surface area contributed by atoms with Crippen LogP contribution in [0, 0.1) is 12.3 Å². The fourth-order valence-corrected chi connectivity index (χ4v) is 1.77. The third-order valence-electron chi connectivity index (χ3n) is 2.58. The van der Waals surface area contributed by atoms with E-state index in [-0.39, 0.29) is 6.04 Å². The second-order valence-electron chi connectivity index (χ2n) is 3.77. The molecule has 0 saturated heterocycles. The Kier molecular flexibility index (Phi) is 4.01. The van der Waals surface area contributed by atoms with Gasteiger partial charge >= 0.3 is 0 Å². The maximum absolute atomic E-state index is 5.47. The molecular weight excluding hydrogens is 210 g/mol. The minimum atomic E-state index is 0.0690. The molecule has 2 nitrogen and oxygen atoms in total. The Labute approximate surface area is 102 Å². The van der Waals surface area contributed by atoms with Crippen molar-refractivity contribution in [3.05, 3.63) is 60.1 Å². The van der Waals surface area contributed by atoms with Gasteiger partial charge in [0.25, 0.3) is 0 Å². The molecule has 0 saturated carbocycles. The van der Waals surface area contributed by atoms with E-state index < -0.39 is 0 Å². The Balaban J connectivity index is 2.17. The molecule has 86 valence electrons. The monoisotopic (exact) mass is 225 g/mol. The van der Waals surface area contributed by atoms with Gasteiger partial charge in [0, 0.05) is 13.0 Å². The Morgan fingerprint density at radius 1 is 1.18 bits per heavy atom. The maximum Gasteiger partial charge on any atom is 0.125 e. The van der Waals surface area contributed by atoms with Crippen molar-refractivity contribution in [1.82, 2.24) is 5.32 Å². The number of furan rings is 1. The highest BCUT2D eigenvalue weighted by Crippen LogP contribution is 2.21. The summed E-state index contributed by atoms with van der Waals surface area (Å²) < 4.78 is 5.47. The lowest BCUT2D eigenvalue weighted by molar-refractivity contribution is 0.449. The van der Waals surface area contributed by atoms with Crippen molar-refractivity contribution < 1.29 is 4.42 Å². The quantitative estimate of drug-likeness (QED) is 0.625. The van der Waals surface area contributed by atoms with Crippen LogP contribution in [0.2, 0.25) is 0 Å². The van der Waals surface area contributed by atoms with Crippen molar-refractivity contribution in [2.45, 2.75) is 12.5 Å². The molecule has 2 aromatic rings. The average Bonchev–Trinajstić information content (AvgIpc) is 2.89. The van der Waals surface area contributed by atoms with Crippen LogP contribution in [0.5, 0.6) is 0 Å². The predicted octanol–water partition coefficient (Wildman–Crippen LogP) is 2.98. The van der Waals surface area contributed by atoms with Gasteiger partial charge in [-0.15, -0.1) is 12.3 Å². The van der Waals surface area contributed by atoms with Gasteiger partial charge in [-0.2, -0.15) is 0 Å². The van der Waals surface area contributed by atoms with Crippen LogP contribution in [0.15, 0.2) is 53.1 Å². The lowest BCUT2D eigenvalue weighted by Crippen LogP contribution is -2.22. The van der Waals surface area contributed by atoms with E-state index in [1.807, 2.05) is 30.3 Å². The fraction of sp³-hybridized carbons (Fsp3) is 0.200. The van der Waals surface area contributed by atoms with Crippen molar-refractivity contribution in [1.29, 1.82) is 0 Å². The van der Waals surface area contributed by atoms with Crippen molar-refractivity contribution in [3.63, 3.8) is 0 Å². The van der Waals surface area contributed by atoms with E-state index in [1.54, 1.807) is 6.26 Å². The van der Waals surface area contributed by atoms with Crippen molar-refractivity contribution >= 4 is 0 Å². The van der Waals surface area contributed by atoms with Crippen LogP contribution >= 0.6 is 0 Å². The number of benzene rings is 1. The zero-order valence-electron chi connectivity index (χ0n) is 9.60. The van der Waals surface area contributed by atoms with Gasteiger partial charge in [0.05, 0.1) is 12.3 Å². The number of terminal acetylenes is 1. The molecule has 0 spiro atoms. The SMILES string of the molecule is C#CCCNC(c1ccccc1)c1ccco1. The highest BCUT2D eigenvalue weighted by atomic mass is 16.3. The molecule has 2 rings (SSSR count). The largest absolute Gasteiger partial charge is 0.467 e. The summed E-state index contributed by atoms with van der Waals surface area (Å²) in [6.07, 6.45) is 7.66. The summed E-state index contributed by atoms with van der Waals surface area (Å²) in [6, 6.07) is 14.1. The lowest BCUT2D eigenvalue weighted by atomic mass is 10.0. The Morgan fingerprint density at radius 2 is 2.00 bits per heavy atom. The molecule has 0 radical (unpaired) electrons. The van der Waals surface area contributed by atoms with Crippen LogP contribution in [0.25, 0.3) is 0 Å². The summed E-state index contributed by atoms with van der Waals surface area (Å²) in [6.45, 7) is 0.775. The van der Waals surface area contributed by atoms with Gasteiger partial charge in [0.1, 0.15) is 5.76 Å². The molecule has 1 atom stereocenters. The fourth-order valence-electron chi connectivity index (χ4n) is 1.77. The second-order valence-corrected chi connectivity index (χ2v) is 3.77. The van der Waals surface area contributed by atoms with E-state index in [0.29, 0.717) is 6.42 Å². The molecule has 1 aromatic heterocycles. The van der Waals surface area contributed by atoms with Gasteiger partial charge in [0.2, 0.25) is 0 Å². The van der Waals surface area contributed by atoms with E-state index in [2.05, 4.69) is 23.4 Å². The number of hydrogen-bond acceptors (Lipinski definition) is 2. The van der Waals surface area contributed by atoms with Gasteiger partial charge in [0.15, 0.2) is 0 Å². The molecule has 1 heterocycles. The summed E-state index contributed by atoms with van der Waals surface area (Å²) >= 11 is 0. The van der Waals surface area contributed by atoms with E-state index in [0.717, 1.165) is 12.3 Å². The normalized spacial score (nSPS) is 11.9. The molecule has 1 aromatic carbocycles. The van der Waals surface area contributed by atoms with E-state index in [9.17, 15) is 0 Å². The van der Waals surface area contributed by atoms with Crippen molar-refractivity contribution in [3.8, 4) is 12.3 Å². The standard InChI is InChI=1S/C15H15NO/c1-2-3-11-16-15(14-10-7-12-17-14)13-8-5-4-6-9-13/h1,4-10,12,15-16H,3,11H2. The number of hydrogen-bond donors (Lipinski definition) is 1. The zero-order chi connectivity index (χ0) is 11.9. The summed E-state index contributed by atoms with van der Waals surface area (Å²) in [4.78, 5) is 0. The third kappa shape index (κ3) is 2.99. The molecule has 0 aliphatic carbocycles. The molecule has 1 N–H and O–H groups in total. The topological polar surface area (TPSA) is 25.2 Å². The van der Waals surface area contributed by atoms with E-state index in [4.69, 9.17) is 10.8 Å². The van der Waals surface area contributed by atoms with Gasteiger partial charge in [-0.05, 0) is 17.7 Å². The lowest BCUT2D eigenvalue weighted by Gasteiger charge is -2.16. The summed E-state index contributed by atoms with van der Waals surface area (Å²) in [5.41, 5.74) is 1.18. The summed E-state index contributed by atoms with van der Waals surface area (Å²) in [5, 5.41) is 3.40. The van der Waals surface area contributed by atoms with Gasteiger partial charge in [-0.1, -0.05) is 30.3 Å². The van der Waals surface area contributed by atoms with E-state index >= 15 is 0 Å². The molecule has 0 fully saturated rings. The molecule has 0 aliphatic heterocycles. The third-order valence-corrected chi connectivity index (χ3v) is 2.58.